The van der Waals surface area contributed by atoms with Gasteiger partial charge in [0.1, 0.15) is 17.1 Å². The smallest absolute Gasteiger partial charge is 0.417 e. The first kappa shape index (κ1) is 33.6. The maximum Gasteiger partial charge on any atom is 0.417 e. The molecule has 1 unspecified atom stereocenters. The molecular weight excluding hydrogens is 575 g/mol. The van der Waals surface area contributed by atoms with Gasteiger partial charge in [-0.3, -0.25) is 9.78 Å². The summed E-state index contributed by atoms with van der Waals surface area (Å²) in [6.07, 6.45) is -3.54. The summed E-state index contributed by atoms with van der Waals surface area (Å²) in [4.78, 5) is 22.3. The van der Waals surface area contributed by atoms with Crippen LogP contribution in [0, 0.1) is 18.6 Å². The van der Waals surface area contributed by atoms with Crippen molar-refractivity contribution in [3.05, 3.63) is 64.0 Å². The van der Waals surface area contributed by atoms with Crippen LogP contribution in [0.4, 0.5) is 33.3 Å². The predicted molar refractivity (Wildman–Crippen MR) is 153 cm³/mol. The van der Waals surface area contributed by atoms with Gasteiger partial charge in [0.2, 0.25) is 5.88 Å². The molecule has 0 bridgehead atoms. The SMILES string of the molecule is Cc1c(F)c(N)cc(-c2nc(OC(C)CCNCCN(C)C)c(C=O)c(NCc3cccnc3CO)c2F)c1C(F)(F)F. The van der Waals surface area contributed by atoms with Crippen molar-refractivity contribution in [2.24, 2.45) is 0 Å². The van der Waals surface area contributed by atoms with E-state index in [0.29, 0.717) is 31.1 Å². The number of nitrogens with two attached hydrogens (primary N) is 1. The number of rotatable bonds is 14. The third-order valence-electron chi connectivity index (χ3n) is 6.69. The number of pyridine rings is 2. The number of hydrogen-bond acceptors (Lipinski definition) is 9. The van der Waals surface area contributed by atoms with Crippen LogP contribution in [0.15, 0.2) is 24.4 Å². The van der Waals surface area contributed by atoms with Crippen molar-refractivity contribution in [1.82, 2.24) is 20.2 Å². The summed E-state index contributed by atoms with van der Waals surface area (Å²) in [7, 11) is 3.86. The van der Waals surface area contributed by atoms with E-state index in [9.17, 15) is 27.5 Å². The summed E-state index contributed by atoms with van der Waals surface area (Å²) in [5, 5.41) is 15.6. The molecule has 0 amide bonds. The Morgan fingerprint density at radius 3 is 2.56 bits per heavy atom. The van der Waals surface area contributed by atoms with E-state index >= 15 is 4.39 Å². The lowest BCUT2D eigenvalue weighted by molar-refractivity contribution is -0.137. The van der Waals surface area contributed by atoms with E-state index < -0.39 is 70.2 Å². The minimum Gasteiger partial charge on any atom is -0.474 e. The molecule has 1 atom stereocenters. The molecular formula is C29H35F5N6O3. The normalized spacial score (nSPS) is 12.4. The van der Waals surface area contributed by atoms with Crippen LogP contribution in [-0.2, 0) is 19.3 Å². The van der Waals surface area contributed by atoms with E-state index in [0.717, 1.165) is 13.5 Å². The number of aromatic nitrogens is 2. The van der Waals surface area contributed by atoms with Crippen LogP contribution in [0.1, 0.15) is 46.1 Å². The zero-order chi connectivity index (χ0) is 31.9. The lowest BCUT2D eigenvalue weighted by atomic mass is 9.95. The largest absolute Gasteiger partial charge is 0.474 e. The summed E-state index contributed by atoms with van der Waals surface area (Å²) in [6, 6.07) is 3.84. The van der Waals surface area contributed by atoms with Gasteiger partial charge in [-0.1, -0.05) is 6.07 Å². The number of ether oxygens (including phenoxy) is 1. The van der Waals surface area contributed by atoms with Crippen LogP contribution in [0.3, 0.4) is 0 Å². The van der Waals surface area contributed by atoms with Crippen molar-refractivity contribution in [1.29, 1.82) is 0 Å². The number of hydrogen-bond donors (Lipinski definition) is 4. The van der Waals surface area contributed by atoms with Gasteiger partial charge in [0, 0.05) is 31.4 Å². The number of alkyl halides is 3. The van der Waals surface area contributed by atoms with Crippen molar-refractivity contribution in [3.8, 4) is 17.1 Å². The number of aliphatic hydroxyl groups is 1. The first-order valence-electron chi connectivity index (χ1n) is 13.4. The van der Waals surface area contributed by atoms with E-state index in [1.54, 1.807) is 19.1 Å². The first-order valence-corrected chi connectivity index (χ1v) is 13.4. The van der Waals surface area contributed by atoms with E-state index in [1.807, 2.05) is 19.0 Å². The van der Waals surface area contributed by atoms with Gasteiger partial charge in [0.25, 0.3) is 0 Å². The van der Waals surface area contributed by atoms with Crippen LogP contribution >= 0.6 is 0 Å². The number of carbonyl (C=O) groups excluding carboxylic acids is 1. The number of aliphatic hydroxyl groups excluding tert-OH is 1. The molecule has 43 heavy (non-hydrogen) atoms. The number of nitrogens with zero attached hydrogens (tertiary/aromatic N) is 3. The van der Waals surface area contributed by atoms with Crippen LogP contribution in [0.25, 0.3) is 11.3 Å². The Morgan fingerprint density at radius 1 is 1.21 bits per heavy atom. The molecule has 0 aliphatic carbocycles. The summed E-state index contributed by atoms with van der Waals surface area (Å²) >= 11 is 0. The van der Waals surface area contributed by atoms with E-state index in [4.69, 9.17) is 10.5 Å². The van der Waals surface area contributed by atoms with Gasteiger partial charge < -0.3 is 31.1 Å². The Labute approximate surface area is 246 Å². The molecule has 0 saturated heterocycles. The number of nitrogen functional groups attached to an aromatic ring is 1. The van der Waals surface area contributed by atoms with Crippen LogP contribution in [-0.4, -0.2) is 66.1 Å². The van der Waals surface area contributed by atoms with Crippen LogP contribution in [0.2, 0.25) is 0 Å². The minimum absolute atomic E-state index is 0.160. The Hall–Kier alpha value is -3.88. The van der Waals surface area contributed by atoms with Crippen molar-refractivity contribution in [3.63, 3.8) is 0 Å². The highest BCUT2D eigenvalue weighted by Crippen LogP contribution is 2.44. The number of carbonyl (C=O) groups is 1. The summed E-state index contributed by atoms with van der Waals surface area (Å²) < 4.78 is 79.2. The van der Waals surface area contributed by atoms with Gasteiger partial charge >= 0.3 is 6.18 Å². The second-order valence-electron chi connectivity index (χ2n) is 10.2. The van der Waals surface area contributed by atoms with Crippen molar-refractivity contribution < 1.29 is 36.6 Å². The second kappa shape index (κ2) is 14.5. The molecule has 0 aliphatic heterocycles. The van der Waals surface area contributed by atoms with Crippen molar-refractivity contribution in [2.45, 2.75) is 45.7 Å². The average molecular weight is 611 g/mol. The molecule has 3 rings (SSSR count). The Balaban J connectivity index is 2.14. The third-order valence-corrected chi connectivity index (χ3v) is 6.69. The Bertz CT molecular complexity index is 1430. The molecule has 234 valence electrons. The molecule has 1 aromatic carbocycles. The highest BCUT2D eigenvalue weighted by atomic mass is 19.4. The molecule has 9 nitrogen and oxygen atoms in total. The van der Waals surface area contributed by atoms with Gasteiger partial charge in [-0.2, -0.15) is 13.2 Å². The van der Waals surface area contributed by atoms with Gasteiger partial charge in [-0.05, 0) is 64.2 Å². The van der Waals surface area contributed by atoms with Gasteiger partial charge in [0.15, 0.2) is 12.1 Å². The van der Waals surface area contributed by atoms with Crippen molar-refractivity contribution in [2.75, 3.05) is 44.8 Å². The molecule has 0 spiro atoms. The number of nitrogens with one attached hydrogen (secondary N) is 2. The molecule has 0 radical (unpaired) electrons. The molecule has 14 heteroatoms. The maximum atomic E-state index is 16.2. The van der Waals surface area contributed by atoms with Gasteiger partial charge in [-0.15, -0.1) is 0 Å². The number of aldehydes is 1. The summed E-state index contributed by atoms with van der Waals surface area (Å²) in [5.41, 5.74) is 0.916. The fraction of sp³-hybridized carbons (Fsp3) is 0.414. The fourth-order valence-electron chi connectivity index (χ4n) is 4.42. The lowest BCUT2D eigenvalue weighted by Crippen LogP contribution is -2.29. The van der Waals surface area contributed by atoms with Crippen molar-refractivity contribution >= 4 is 17.7 Å². The van der Waals surface area contributed by atoms with Gasteiger partial charge in [-0.25, -0.2) is 13.8 Å². The molecule has 0 fully saturated rings. The monoisotopic (exact) mass is 610 g/mol. The molecule has 3 aromatic rings. The molecule has 0 aliphatic rings. The summed E-state index contributed by atoms with van der Waals surface area (Å²) in [6.45, 7) is 3.97. The lowest BCUT2D eigenvalue weighted by Gasteiger charge is -2.22. The highest BCUT2D eigenvalue weighted by molar-refractivity contribution is 5.90. The third kappa shape index (κ3) is 8.15. The molecule has 2 heterocycles. The zero-order valence-electron chi connectivity index (χ0n) is 24.3. The molecule has 2 aromatic heterocycles. The van der Waals surface area contributed by atoms with Crippen LogP contribution < -0.4 is 21.1 Å². The molecule has 5 N–H and O–H groups in total. The van der Waals surface area contributed by atoms with E-state index in [-0.39, 0.29) is 24.1 Å². The average Bonchev–Trinajstić information content (AvgIpc) is 2.94. The predicted octanol–water partition coefficient (Wildman–Crippen LogP) is 4.56. The highest BCUT2D eigenvalue weighted by Gasteiger charge is 2.39. The fourth-order valence-corrected chi connectivity index (χ4v) is 4.42. The standard InChI is InChI=1S/C29H35F5N6O3/c1-16(7-9-36-10-11-40(3)4)43-28-20(14-41)26(38-13-18-6-5-8-37-22(18)15-42)25(31)27(39-28)19-12-21(35)24(30)17(2)23(19)29(32,33)34/h5-6,8,12,14,16,36,42H,7,9-11,13,15,35H2,1-4H3,(H,38,39). The number of anilines is 2. The number of halogens is 5. The first-order chi connectivity index (χ1) is 20.3. The summed E-state index contributed by atoms with van der Waals surface area (Å²) in [5.74, 6) is -3.02. The minimum atomic E-state index is -5.10. The molecule has 0 saturated carbocycles. The van der Waals surface area contributed by atoms with Crippen LogP contribution in [0.5, 0.6) is 5.88 Å². The Morgan fingerprint density at radius 2 is 1.93 bits per heavy atom. The maximum absolute atomic E-state index is 16.2. The van der Waals surface area contributed by atoms with E-state index in [1.165, 1.54) is 6.20 Å². The second-order valence-corrected chi connectivity index (χ2v) is 10.2. The van der Waals surface area contributed by atoms with Gasteiger partial charge in [0.05, 0.1) is 35.3 Å². The van der Waals surface area contributed by atoms with E-state index in [2.05, 4.69) is 20.6 Å². The Kier molecular flexibility index (Phi) is 11.4. The zero-order valence-corrected chi connectivity index (χ0v) is 24.3. The number of benzene rings is 1. The topological polar surface area (TPSA) is 126 Å². The quantitative estimate of drug-likeness (QED) is 0.0900. The number of likely N-dealkylation sites (N-methyl/N-ethyl adjacent to an activating group) is 1.